The van der Waals surface area contributed by atoms with Gasteiger partial charge < -0.3 is 0 Å². The standard InChI is InChI=1S/C27H34N4O2/c1-17(28-29-24(32)19-9-11-20(12-10-19)26(3,4)5)23-18(2)30-31(25(23)33)22-15-13-21(14-16-22)27(6,7)8/h9-16,30H,1-8H3,(H,29,32). The lowest BCUT2D eigenvalue weighted by molar-refractivity contribution is 0.0954. The summed E-state index contributed by atoms with van der Waals surface area (Å²) in [6, 6.07) is 15.4. The number of nitrogens with one attached hydrogen (secondary N) is 2. The third-order valence-corrected chi connectivity index (χ3v) is 5.76. The van der Waals surface area contributed by atoms with Crippen molar-refractivity contribution in [2.45, 2.75) is 66.2 Å². The largest absolute Gasteiger partial charge is 0.295 e. The lowest BCUT2D eigenvalue weighted by atomic mass is 9.87. The number of rotatable bonds is 4. The van der Waals surface area contributed by atoms with Gasteiger partial charge in [-0.1, -0.05) is 65.8 Å². The molecule has 6 nitrogen and oxygen atoms in total. The highest BCUT2D eigenvalue weighted by Crippen LogP contribution is 2.23. The van der Waals surface area contributed by atoms with Crippen LogP contribution in [0.3, 0.4) is 0 Å². The number of aromatic nitrogens is 2. The third kappa shape index (κ3) is 5.33. The second-order valence-electron chi connectivity index (χ2n) is 10.5. The Morgan fingerprint density at radius 3 is 1.85 bits per heavy atom. The molecule has 0 radical (unpaired) electrons. The van der Waals surface area contributed by atoms with Gasteiger partial charge >= 0.3 is 0 Å². The van der Waals surface area contributed by atoms with E-state index < -0.39 is 0 Å². The topological polar surface area (TPSA) is 79.2 Å². The molecule has 0 spiro atoms. The van der Waals surface area contributed by atoms with Crippen molar-refractivity contribution in [3.05, 3.63) is 86.8 Å². The van der Waals surface area contributed by atoms with Crippen LogP contribution in [0.2, 0.25) is 0 Å². The minimum absolute atomic E-state index is 0.0164. The molecule has 1 heterocycles. The van der Waals surface area contributed by atoms with Crippen molar-refractivity contribution < 1.29 is 4.79 Å². The monoisotopic (exact) mass is 446 g/mol. The molecule has 6 heteroatoms. The molecule has 3 aromatic rings. The molecule has 3 rings (SSSR count). The van der Waals surface area contributed by atoms with Gasteiger partial charge in [0.15, 0.2) is 0 Å². The number of carbonyl (C=O) groups is 1. The molecule has 0 saturated carbocycles. The van der Waals surface area contributed by atoms with Crippen molar-refractivity contribution in [2.75, 3.05) is 0 Å². The van der Waals surface area contributed by atoms with Gasteiger partial charge in [-0.3, -0.25) is 14.7 Å². The molecular weight excluding hydrogens is 412 g/mol. The zero-order chi connectivity index (χ0) is 24.6. The van der Waals surface area contributed by atoms with Gasteiger partial charge in [-0.2, -0.15) is 5.10 Å². The van der Waals surface area contributed by atoms with Crippen LogP contribution in [0.4, 0.5) is 0 Å². The average molecular weight is 447 g/mol. The molecule has 2 N–H and O–H groups in total. The van der Waals surface area contributed by atoms with E-state index in [1.54, 1.807) is 19.1 Å². The van der Waals surface area contributed by atoms with E-state index in [0.29, 0.717) is 22.5 Å². The highest BCUT2D eigenvalue weighted by Gasteiger charge is 2.18. The molecule has 0 aliphatic carbocycles. The maximum absolute atomic E-state index is 13.1. The SMILES string of the molecule is CC(=NNC(=O)c1ccc(C(C)(C)C)cc1)c1c(C)[nH]n(-c2ccc(C(C)(C)C)cc2)c1=O. The smallest absolute Gasteiger partial charge is 0.280 e. The number of nitrogens with zero attached hydrogens (tertiary/aromatic N) is 2. The Hall–Kier alpha value is -3.41. The molecule has 1 amide bonds. The highest BCUT2D eigenvalue weighted by atomic mass is 16.2. The molecule has 0 bridgehead atoms. The zero-order valence-corrected chi connectivity index (χ0v) is 20.8. The number of hydrogen-bond acceptors (Lipinski definition) is 3. The van der Waals surface area contributed by atoms with Gasteiger partial charge in [0.05, 0.1) is 17.0 Å². The van der Waals surface area contributed by atoms with Gasteiger partial charge in [0, 0.05) is 11.3 Å². The molecule has 0 aliphatic heterocycles. The molecule has 33 heavy (non-hydrogen) atoms. The Kier molecular flexibility index (Phi) is 6.50. The second kappa shape index (κ2) is 8.85. The molecule has 0 atom stereocenters. The van der Waals surface area contributed by atoms with E-state index in [2.05, 4.69) is 57.2 Å². The summed E-state index contributed by atoms with van der Waals surface area (Å²) in [7, 11) is 0. The molecule has 0 aliphatic rings. The zero-order valence-electron chi connectivity index (χ0n) is 20.8. The molecule has 0 saturated heterocycles. The first-order chi connectivity index (χ1) is 15.3. The summed E-state index contributed by atoms with van der Waals surface area (Å²) >= 11 is 0. The molecule has 0 unspecified atom stereocenters. The quantitative estimate of drug-likeness (QED) is 0.425. The van der Waals surface area contributed by atoms with Crippen LogP contribution in [-0.4, -0.2) is 21.4 Å². The number of amides is 1. The number of hydrogen-bond donors (Lipinski definition) is 2. The van der Waals surface area contributed by atoms with Crippen LogP contribution in [0.25, 0.3) is 5.69 Å². The fourth-order valence-electron chi connectivity index (χ4n) is 3.64. The van der Waals surface area contributed by atoms with Crippen LogP contribution in [0.15, 0.2) is 58.4 Å². The molecule has 1 aromatic heterocycles. The Labute approximate surface area is 195 Å². The van der Waals surface area contributed by atoms with E-state index in [9.17, 15) is 9.59 Å². The minimum Gasteiger partial charge on any atom is -0.295 e. The van der Waals surface area contributed by atoms with Crippen molar-refractivity contribution >= 4 is 11.6 Å². The number of aromatic amines is 1. The van der Waals surface area contributed by atoms with E-state index in [4.69, 9.17) is 0 Å². The fourth-order valence-corrected chi connectivity index (χ4v) is 3.64. The summed E-state index contributed by atoms with van der Waals surface area (Å²) in [6.07, 6.45) is 0. The summed E-state index contributed by atoms with van der Waals surface area (Å²) in [4.78, 5) is 25.6. The number of carbonyl (C=O) groups excluding carboxylic acids is 1. The van der Waals surface area contributed by atoms with Gasteiger partial charge in [-0.25, -0.2) is 10.1 Å². The van der Waals surface area contributed by atoms with E-state index in [-0.39, 0.29) is 22.3 Å². The first-order valence-corrected chi connectivity index (χ1v) is 11.2. The van der Waals surface area contributed by atoms with Crippen molar-refractivity contribution in [3.8, 4) is 5.69 Å². The second-order valence-corrected chi connectivity index (χ2v) is 10.5. The van der Waals surface area contributed by atoms with E-state index >= 15 is 0 Å². The van der Waals surface area contributed by atoms with Crippen LogP contribution in [-0.2, 0) is 10.8 Å². The van der Waals surface area contributed by atoms with Gasteiger partial charge in [0.1, 0.15) is 0 Å². The van der Waals surface area contributed by atoms with Gasteiger partial charge in [-0.15, -0.1) is 0 Å². The van der Waals surface area contributed by atoms with Crippen molar-refractivity contribution in [2.24, 2.45) is 5.10 Å². The fraction of sp³-hybridized carbons (Fsp3) is 0.370. The predicted molar refractivity (Wildman–Crippen MR) is 135 cm³/mol. The van der Waals surface area contributed by atoms with E-state index in [1.165, 1.54) is 10.2 Å². The Bertz CT molecular complexity index is 1230. The van der Waals surface area contributed by atoms with E-state index in [1.807, 2.05) is 43.3 Å². The first kappa shape index (κ1) is 24.2. The van der Waals surface area contributed by atoms with Crippen LogP contribution in [0, 0.1) is 6.92 Å². The molecule has 174 valence electrons. The summed E-state index contributed by atoms with van der Waals surface area (Å²) < 4.78 is 1.50. The van der Waals surface area contributed by atoms with E-state index in [0.717, 1.165) is 11.3 Å². The number of aryl methyl sites for hydroxylation is 1. The lowest BCUT2D eigenvalue weighted by Gasteiger charge is -2.19. The Morgan fingerprint density at radius 2 is 1.36 bits per heavy atom. The van der Waals surface area contributed by atoms with Gasteiger partial charge in [0.2, 0.25) is 0 Å². The Balaban J connectivity index is 1.81. The Morgan fingerprint density at radius 1 is 0.879 bits per heavy atom. The van der Waals surface area contributed by atoms with Crippen molar-refractivity contribution in [1.29, 1.82) is 0 Å². The summed E-state index contributed by atoms with van der Waals surface area (Å²) in [6.45, 7) is 16.4. The number of H-pyrrole nitrogens is 1. The maximum atomic E-state index is 13.1. The molecule has 2 aromatic carbocycles. The molecular formula is C27H34N4O2. The minimum atomic E-state index is -0.318. The molecule has 0 fully saturated rings. The van der Waals surface area contributed by atoms with Crippen molar-refractivity contribution in [3.63, 3.8) is 0 Å². The normalized spacial score (nSPS) is 12.7. The lowest BCUT2D eigenvalue weighted by Crippen LogP contribution is -2.23. The third-order valence-electron chi connectivity index (χ3n) is 5.76. The van der Waals surface area contributed by atoms with Crippen LogP contribution in [0.5, 0.6) is 0 Å². The number of benzene rings is 2. The highest BCUT2D eigenvalue weighted by molar-refractivity contribution is 6.01. The summed E-state index contributed by atoms with van der Waals surface area (Å²) in [5, 5.41) is 7.32. The van der Waals surface area contributed by atoms with Crippen LogP contribution in [0.1, 0.15) is 81.2 Å². The van der Waals surface area contributed by atoms with Gasteiger partial charge in [0.25, 0.3) is 11.5 Å². The first-order valence-electron chi connectivity index (χ1n) is 11.2. The van der Waals surface area contributed by atoms with Crippen LogP contribution < -0.4 is 11.0 Å². The summed E-state index contributed by atoms with van der Waals surface area (Å²) in [5.74, 6) is -0.318. The van der Waals surface area contributed by atoms with Crippen molar-refractivity contribution in [1.82, 2.24) is 15.2 Å². The van der Waals surface area contributed by atoms with Crippen LogP contribution >= 0.6 is 0 Å². The predicted octanol–water partition coefficient (Wildman–Crippen LogP) is 5.22. The maximum Gasteiger partial charge on any atom is 0.280 e. The average Bonchev–Trinajstić information content (AvgIpc) is 3.04. The number of hydrazone groups is 1. The summed E-state index contributed by atoms with van der Waals surface area (Å²) in [5.41, 5.74) is 7.59. The van der Waals surface area contributed by atoms with Gasteiger partial charge in [-0.05, 0) is 60.1 Å².